The molecule has 0 spiro atoms. The third-order valence-corrected chi connectivity index (χ3v) is 3.11. The third kappa shape index (κ3) is 5.89. The van der Waals surface area contributed by atoms with E-state index in [1.54, 1.807) is 6.21 Å². The summed E-state index contributed by atoms with van der Waals surface area (Å²) in [4.78, 5) is 0. The molecule has 0 rings (SSSR count). The molecule has 0 aliphatic rings. The van der Waals surface area contributed by atoms with E-state index in [1.807, 2.05) is 20.8 Å². The van der Waals surface area contributed by atoms with Gasteiger partial charge in [-0.2, -0.15) is 4.40 Å². The molecule has 0 aliphatic carbocycles. The summed E-state index contributed by atoms with van der Waals surface area (Å²) in [6.45, 7) is 5.76. The Morgan fingerprint density at radius 2 is 2.08 bits per heavy atom. The fourth-order valence-electron chi connectivity index (χ4n) is 0.447. The van der Waals surface area contributed by atoms with E-state index in [0.29, 0.717) is 0 Å². The molecule has 0 aromatic carbocycles. The van der Waals surface area contributed by atoms with Crippen LogP contribution in [-0.2, 0) is 11.0 Å². The second-order valence-electron chi connectivity index (χ2n) is 3.48. The molecular weight excluding hydrogens is 238 g/mol. The van der Waals surface area contributed by atoms with Gasteiger partial charge in [0.2, 0.25) is 0 Å². The molecule has 72 valence electrons. The first kappa shape index (κ1) is 12.3. The minimum Gasteiger partial charge on any atom is -0.234 e. The molecule has 0 radical (unpaired) electrons. The maximum absolute atomic E-state index is 11.3. The lowest BCUT2D eigenvalue weighted by Crippen LogP contribution is -2.19. The van der Waals surface area contributed by atoms with Crippen LogP contribution < -0.4 is 0 Å². The molecule has 0 fully saturated rings. The molecule has 12 heavy (non-hydrogen) atoms. The molecule has 0 unspecified atom stereocenters. The highest BCUT2D eigenvalue weighted by Gasteiger charge is 2.17. The van der Waals surface area contributed by atoms with E-state index >= 15 is 0 Å². The second kappa shape index (κ2) is 5.86. The second-order valence-corrected chi connectivity index (χ2v) is 6.21. The zero-order valence-electron chi connectivity index (χ0n) is 7.84. The van der Waals surface area contributed by atoms with Crippen molar-refractivity contribution in [1.29, 1.82) is 0 Å². The number of rotatable bonds is 4. The molecule has 0 amide bonds. The Balaban J connectivity index is 3.77. The van der Waals surface area contributed by atoms with Gasteiger partial charge in [-0.05, 0) is 33.6 Å². The Bertz CT molecular complexity index is 174. The van der Waals surface area contributed by atoms with Gasteiger partial charge < -0.3 is 0 Å². The van der Waals surface area contributed by atoms with E-state index in [-0.39, 0.29) is 4.75 Å². The van der Waals surface area contributed by atoms with Crippen LogP contribution in [0, 0.1) is 0 Å². The number of hydrogen-bond donors (Lipinski definition) is 0. The maximum atomic E-state index is 11.3. The fourth-order valence-corrected chi connectivity index (χ4v) is 1.33. The van der Waals surface area contributed by atoms with Crippen molar-refractivity contribution in [2.75, 3.05) is 5.33 Å². The SMILES string of the molecule is CC(C)(C)[S@](=O)/N=C/CCCBr. The summed E-state index contributed by atoms with van der Waals surface area (Å²) >= 11 is 3.32. The smallest absolute Gasteiger partial charge is 0.144 e. The fraction of sp³-hybridized carbons (Fsp3) is 0.875. The predicted molar refractivity (Wildman–Crippen MR) is 59.4 cm³/mol. The molecule has 0 heterocycles. The zero-order valence-corrected chi connectivity index (χ0v) is 10.2. The van der Waals surface area contributed by atoms with Gasteiger partial charge in [0, 0.05) is 11.5 Å². The van der Waals surface area contributed by atoms with Gasteiger partial charge in [-0.15, -0.1) is 0 Å². The van der Waals surface area contributed by atoms with E-state index < -0.39 is 11.0 Å². The quantitative estimate of drug-likeness (QED) is 0.431. The normalized spacial score (nSPS) is 15.3. The molecule has 0 aromatic heterocycles. The molecule has 0 aromatic rings. The summed E-state index contributed by atoms with van der Waals surface area (Å²) in [7, 11) is -1.09. The van der Waals surface area contributed by atoms with Crippen LogP contribution in [-0.4, -0.2) is 20.5 Å². The molecule has 0 N–H and O–H groups in total. The Kier molecular flexibility index (Phi) is 6.01. The summed E-state index contributed by atoms with van der Waals surface area (Å²) in [6, 6.07) is 0. The standard InChI is InChI=1S/C8H16BrNOS/c1-8(2,3)12(11)10-7-5-4-6-9/h7H,4-6H2,1-3H3/b10-7+/t12-/m0/s1. The van der Waals surface area contributed by atoms with E-state index in [4.69, 9.17) is 0 Å². The molecule has 0 saturated heterocycles. The Labute approximate surface area is 85.6 Å². The van der Waals surface area contributed by atoms with Crippen LogP contribution >= 0.6 is 15.9 Å². The molecule has 0 aliphatic heterocycles. The van der Waals surface area contributed by atoms with Crippen molar-refractivity contribution in [1.82, 2.24) is 0 Å². The van der Waals surface area contributed by atoms with Crippen LogP contribution in [0.4, 0.5) is 0 Å². The first-order valence-corrected chi connectivity index (χ1v) is 6.22. The van der Waals surface area contributed by atoms with Crippen LogP contribution in [0.15, 0.2) is 4.40 Å². The highest BCUT2D eigenvalue weighted by atomic mass is 79.9. The van der Waals surface area contributed by atoms with E-state index in [9.17, 15) is 4.21 Å². The van der Waals surface area contributed by atoms with Gasteiger partial charge in [-0.1, -0.05) is 15.9 Å². The van der Waals surface area contributed by atoms with E-state index in [2.05, 4.69) is 20.3 Å². The number of hydrogen-bond acceptors (Lipinski definition) is 1. The Hall–Kier alpha value is 0.300. The highest BCUT2D eigenvalue weighted by molar-refractivity contribution is 9.09. The summed E-state index contributed by atoms with van der Waals surface area (Å²) in [5.74, 6) is 0. The number of nitrogens with zero attached hydrogens (tertiary/aromatic N) is 1. The summed E-state index contributed by atoms with van der Waals surface area (Å²) in [5, 5.41) is 0.973. The van der Waals surface area contributed by atoms with Crippen LogP contribution in [0.2, 0.25) is 0 Å². The first-order valence-electron chi connectivity index (χ1n) is 3.99. The van der Waals surface area contributed by atoms with Crippen LogP contribution in [0.1, 0.15) is 33.6 Å². The van der Waals surface area contributed by atoms with Gasteiger partial charge in [0.15, 0.2) is 0 Å². The molecule has 4 heteroatoms. The highest BCUT2D eigenvalue weighted by Crippen LogP contribution is 2.11. The lowest BCUT2D eigenvalue weighted by atomic mass is 10.3. The summed E-state index contributed by atoms with van der Waals surface area (Å²) in [6.07, 6.45) is 3.69. The number of alkyl halides is 1. The van der Waals surface area contributed by atoms with E-state index in [0.717, 1.165) is 18.2 Å². The lowest BCUT2D eigenvalue weighted by Gasteiger charge is -2.12. The molecule has 1 atom stereocenters. The monoisotopic (exact) mass is 253 g/mol. The van der Waals surface area contributed by atoms with Crippen molar-refractivity contribution in [2.45, 2.75) is 38.4 Å². The molecule has 2 nitrogen and oxygen atoms in total. The Morgan fingerprint density at radius 1 is 1.50 bits per heavy atom. The molecular formula is C8H16BrNOS. The van der Waals surface area contributed by atoms with Gasteiger partial charge in [0.25, 0.3) is 0 Å². The minimum atomic E-state index is -1.09. The molecule has 0 saturated carbocycles. The lowest BCUT2D eigenvalue weighted by molar-refractivity contribution is 0.650. The largest absolute Gasteiger partial charge is 0.234 e. The first-order chi connectivity index (χ1) is 5.48. The maximum Gasteiger partial charge on any atom is 0.144 e. The van der Waals surface area contributed by atoms with Gasteiger partial charge in [0.1, 0.15) is 11.0 Å². The minimum absolute atomic E-state index is 0.231. The number of unbranched alkanes of at least 4 members (excludes halogenated alkanes) is 1. The van der Waals surface area contributed by atoms with Crippen LogP contribution in [0.25, 0.3) is 0 Å². The van der Waals surface area contributed by atoms with Crippen molar-refractivity contribution in [2.24, 2.45) is 4.40 Å². The van der Waals surface area contributed by atoms with Crippen LogP contribution in [0.3, 0.4) is 0 Å². The topological polar surface area (TPSA) is 29.4 Å². The van der Waals surface area contributed by atoms with Crippen molar-refractivity contribution in [3.63, 3.8) is 0 Å². The van der Waals surface area contributed by atoms with Crippen molar-refractivity contribution in [3.8, 4) is 0 Å². The summed E-state index contributed by atoms with van der Waals surface area (Å²) in [5.41, 5.74) is 0. The average Bonchev–Trinajstić information content (AvgIpc) is 1.96. The predicted octanol–water partition coefficient (Wildman–Crippen LogP) is 2.69. The zero-order chi connectivity index (χ0) is 9.61. The van der Waals surface area contributed by atoms with Crippen molar-refractivity contribution >= 4 is 33.1 Å². The van der Waals surface area contributed by atoms with E-state index in [1.165, 1.54) is 0 Å². The summed E-state index contributed by atoms with van der Waals surface area (Å²) < 4.78 is 15.1. The molecule has 0 bridgehead atoms. The van der Waals surface area contributed by atoms with Crippen LogP contribution in [0.5, 0.6) is 0 Å². The number of halogens is 1. The third-order valence-electron chi connectivity index (χ3n) is 1.16. The van der Waals surface area contributed by atoms with Gasteiger partial charge >= 0.3 is 0 Å². The van der Waals surface area contributed by atoms with Crippen molar-refractivity contribution in [3.05, 3.63) is 0 Å². The van der Waals surface area contributed by atoms with Gasteiger partial charge in [0.05, 0.1) is 4.75 Å². The average molecular weight is 254 g/mol. The van der Waals surface area contributed by atoms with Gasteiger partial charge in [-0.25, -0.2) is 4.21 Å². The van der Waals surface area contributed by atoms with Gasteiger partial charge in [-0.3, -0.25) is 0 Å². The van der Waals surface area contributed by atoms with Crippen molar-refractivity contribution < 1.29 is 4.21 Å². The Morgan fingerprint density at radius 3 is 2.50 bits per heavy atom.